The zero-order valence-corrected chi connectivity index (χ0v) is 8.48. The van der Waals surface area contributed by atoms with Crippen molar-refractivity contribution >= 4 is 5.91 Å². The Bertz CT molecular complexity index is 308. The molecule has 0 aliphatic heterocycles. The molecule has 1 amide bonds. The molecule has 0 aromatic heterocycles. The molecule has 0 saturated carbocycles. The first kappa shape index (κ1) is 11.5. The van der Waals surface area contributed by atoms with Gasteiger partial charge < -0.3 is 15.6 Å². The molecule has 0 fully saturated rings. The molecule has 0 atom stereocenters. The zero-order chi connectivity index (χ0) is 11.1. The summed E-state index contributed by atoms with van der Waals surface area (Å²) >= 11 is 0. The van der Waals surface area contributed by atoms with E-state index in [1.54, 1.807) is 24.3 Å². The molecule has 1 aromatic carbocycles. The SMILES string of the molecule is NC(=O)c1ccc(OCCCCO)cc1. The predicted octanol–water partition coefficient (Wildman–Crippen LogP) is 0.937. The maximum atomic E-state index is 10.8. The van der Waals surface area contributed by atoms with E-state index in [2.05, 4.69) is 0 Å². The highest BCUT2D eigenvalue weighted by Crippen LogP contribution is 2.12. The number of ether oxygens (including phenoxy) is 1. The van der Waals surface area contributed by atoms with Gasteiger partial charge in [0, 0.05) is 12.2 Å². The summed E-state index contributed by atoms with van der Waals surface area (Å²) in [5.41, 5.74) is 5.57. The van der Waals surface area contributed by atoms with Crippen LogP contribution in [0.5, 0.6) is 5.75 Å². The van der Waals surface area contributed by atoms with Crippen LogP contribution in [0.2, 0.25) is 0 Å². The molecule has 0 bridgehead atoms. The minimum absolute atomic E-state index is 0.184. The van der Waals surface area contributed by atoms with Gasteiger partial charge in [-0.1, -0.05) is 0 Å². The third-order valence-electron chi connectivity index (χ3n) is 1.96. The molecule has 0 unspecified atom stereocenters. The number of unbranched alkanes of at least 4 members (excludes halogenated alkanes) is 1. The van der Waals surface area contributed by atoms with Gasteiger partial charge in [-0.3, -0.25) is 4.79 Å². The molecule has 3 N–H and O–H groups in total. The molecule has 82 valence electrons. The molecular formula is C11H15NO3. The number of primary amides is 1. The summed E-state index contributed by atoms with van der Waals surface area (Å²) < 4.78 is 5.38. The highest BCUT2D eigenvalue weighted by Gasteiger charge is 1.99. The normalized spacial score (nSPS) is 9.93. The lowest BCUT2D eigenvalue weighted by atomic mass is 10.2. The highest BCUT2D eigenvalue weighted by molar-refractivity contribution is 5.92. The van der Waals surface area contributed by atoms with E-state index in [0.29, 0.717) is 17.9 Å². The smallest absolute Gasteiger partial charge is 0.248 e. The van der Waals surface area contributed by atoms with Crippen LogP contribution in [0.25, 0.3) is 0 Å². The van der Waals surface area contributed by atoms with Gasteiger partial charge in [0.25, 0.3) is 0 Å². The number of benzene rings is 1. The molecular weight excluding hydrogens is 194 g/mol. The second-order valence-electron chi connectivity index (χ2n) is 3.17. The standard InChI is InChI=1S/C11H15NO3/c12-11(14)9-3-5-10(6-4-9)15-8-2-1-7-13/h3-6,13H,1-2,7-8H2,(H2,12,14). The van der Waals surface area contributed by atoms with Crippen molar-refractivity contribution in [2.45, 2.75) is 12.8 Å². The first-order valence-electron chi connectivity index (χ1n) is 4.87. The number of amides is 1. The number of carbonyl (C=O) groups is 1. The maximum absolute atomic E-state index is 10.8. The van der Waals surface area contributed by atoms with E-state index in [4.69, 9.17) is 15.6 Å². The van der Waals surface area contributed by atoms with Crippen molar-refractivity contribution in [1.29, 1.82) is 0 Å². The van der Waals surface area contributed by atoms with Gasteiger partial charge in [0.1, 0.15) is 5.75 Å². The van der Waals surface area contributed by atoms with Gasteiger partial charge in [0.2, 0.25) is 5.91 Å². The van der Waals surface area contributed by atoms with E-state index in [9.17, 15) is 4.79 Å². The summed E-state index contributed by atoms with van der Waals surface area (Å²) in [7, 11) is 0. The van der Waals surface area contributed by atoms with Gasteiger partial charge >= 0.3 is 0 Å². The maximum Gasteiger partial charge on any atom is 0.248 e. The minimum Gasteiger partial charge on any atom is -0.494 e. The molecule has 1 rings (SSSR count). The van der Waals surface area contributed by atoms with Gasteiger partial charge in [-0.15, -0.1) is 0 Å². The molecule has 15 heavy (non-hydrogen) atoms. The average molecular weight is 209 g/mol. The molecule has 4 nitrogen and oxygen atoms in total. The summed E-state index contributed by atoms with van der Waals surface area (Å²) in [5, 5.41) is 8.55. The van der Waals surface area contributed by atoms with E-state index in [1.807, 2.05) is 0 Å². The lowest BCUT2D eigenvalue weighted by Gasteiger charge is -2.05. The monoisotopic (exact) mass is 209 g/mol. The molecule has 0 spiro atoms. The van der Waals surface area contributed by atoms with E-state index >= 15 is 0 Å². The van der Waals surface area contributed by atoms with E-state index in [1.165, 1.54) is 0 Å². The fourth-order valence-corrected chi connectivity index (χ4v) is 1.12. The summed E-state index contributed by atoms with van der Waals surface area (Å²) in [6, 6.07) is 6.67. The summed E-state index contributed by atoms with van der Waals surface area (Å²) in [6.45, 7) is 0.750. The van der Waals surface area contributed by atoms with Gasteiger partial charge in [-0.2, -0.15) is 0 Å². The van der Waals surface area contributed by atoms with Crippen LogP contribution in [0.3, 0.4) is 0 Å². The fraction of sp³-hybridized carbons (Fsp3) is 0.364. The topological polar surface area (TPSA) is 72.6 Å². The van der Waals surface area contributed by atoms with Gasteiger partial charge in [-0.05, 0) is 37.1 Å². The van der Waals surface area contributed by atoms with Crippen molar-refractivity contribution in [2.24, 2.45) is 5.73 Å². The minimum atomic E-state index is -0.443. The number of hydrogen-bond acceptors (Lipinski definition) is 3. The van der Waals surface area contributed by atoms with E-state index in [-0.39, 0.29) is 6.61 Å². The van der Waals surface area contributed by atoms with Gasteiger partial charge in [-0.25, -0.2) is 0 Å². The number of aliphatic hydroxyl groups excluding tert-OH is 1. The van der Waals surface area contributed by atoms with E-state index < -0.39 is 5.91 Å². The van der Waals surface area contributed by atoms with Crippen molar-refractivity contribution in [3.63, 3.8) is 0 Å². The lowest BCUT2D eigenvalue weighted by molar-refractivity contribution is 0.1000. The Balaban J connectivity index is 2.39. The fourth-order valence-electron chi connectivity index (χ4n) is 1.12. The van der Waals surface area contributed by atoms with Crippen molar-refractivity contribution in [3.8, 4) is 5.75 Å². The van der Waals surface area contributed by atoms with Crippen LogP contribution in [-0.2, 0) is 0 Å². The Kier molecular flexibility index (Phi) is 4.63. The van der Waals surface area contributed by atoms with Crippen LogP contribution >= 0.6 is 0 Å². The average Bonchev–Trinajstić information content (AvgIpc) is 2.25. The summed E-state index contributed by atoms with van der Waals surface area (Å²) in [6.07, 6.45) is 1.55. The van der Waals surface area contributed by atoms with Gasteiger partial charge in [0.05, 0.1) is 6.61 Å². The first-order chi connectivity index (χ1) is 7.24. The molecule has 0 saturated heterocycles. The molecule has 0 heterocycles. The van der Waals surface area contributed by atoms with Crippen molar-refractivity contribution in [3.05, 3.63) is 29.8 Å². The van der Waals surface area contributed by atoms with E-state index in [0.717, 1.165) is 12.8 Å². The molecule has 0 aliphatic carbocycles. The van der Waals surface area contributed by atoms with Gasteiger partial charge in [0.15, 0.2) is 0 Å². The number of aliphatic hydroxyl groups is 1. The second-order valence-corrected chi connectivity index (χ2v) is 3.17. The molecule has 0 aliphatic rings. The summed E-state index contributed by atoms with van der Waals surface area (Å²) in [4.78, 5) is 10.8. The van der Waals surface area contributed by atoms with Crippen LogP contribution in [0.1, 0.15) is 23.2 Å². The molecule has 0 radical (unpaired) electrons. The number of hydrogen-bond donors (Lipinski definition) is 2. The molecule has 1 aromatic rings. The van der Waals surface area contributed by atoms with Crippen LogP contribution in [-0.4, -0.2) is 24.2 Å². The number of rotatable bonds is 6. The Morgan fingerprint density at radius 3 is 2.47 bits per heavy atom. The highest BCUT2D eigenvalue weighted by atomic mass is 16.5. The Morgan fingerprint density at radius 2 is 1.93 bits per heavy atom. The predicted molar refractivity (Wildman–Crippen MR) is 56.8 cm³/mol. The third kappa shape index (κ3) is 3.99. The van der Waals surface area contributed by atoms with Crippen LogP contribution < -0.4 is 10.5 Å². The lowest BCUT2D eigenvalue weighted by Crippen LogP contribution is -2.10. The number of nitrogens with two attached hydrogens (primary N) is 1. The van der Waals surface area contributed by atoms with Crippen LogP contribution in [0.4, 0.5) is 0 Å². The quantitative estimate of drug-likeness (QED) is 0.685. The first-order valence-corrected chi connectivity index (χ1v) is 4.87. The third-order valence-corrected chi connectivity index (χ3v) is 1.96. The van der Waals surface area contributed by atoms with Crippen LogP contribution in [0, 0.1) is 0 Å². The van der Waals surface area contributed by atoms with Crippen molar-refractivity contribution in [1.82, 2.24) is 0 Å². The Morgan fingerprint density at radius 1 is 1.27 bits per heavy atom. The molecule has 4 heteroatoms. The largest absolute Gasteiger partial charge is 0.494 e. The number of carbonyl (C=O) groups excluding carboxylic acids is 1. The Hall–Kier alpha value is -1.55. The Labute approximate surface area is 88.7 Å². The van der Waals surface area contributed by atoms with Crippen molar-refractivity contribution in [2.75, 3.05) is 13.2 Å². The second kappa shape index (κ2) is 6.03. The summed E-state index contributed by atoms with van der Waals surface area (Å²) in [5.74, 6) is 0.264. The van der Waals surface area contributed by atoms with Crippen molar-refractivity contribution < 1.29 is 14.6 Å². The van der Waals surface area contributed by atoms with Crippen LogP contribution in [0.15, 0.2) is 24.3 Å². The zero-order valence-electron chi connectivity index (χ0n) is 8.48.